The van der Waals surface area contributed by atoms with Gasteiger partial charge in [0, 0.05) is 5.39 Å². The summed E-state index contributed by atoms with van der Waals surface area (Å²) < 4.78 is 5.65. The van der Waals surface area contributed by atoms with Crippen molar-refractivity contribution >= 4 is 16.9 Å². The molecule has 1 heterocycles. The van der Waals surface area contributed by atoms with Gasteiger partial charge in [0.2, 0.25) is 0 Å². The summed E-state index contributed by atoms with van der Waals surface area (Å²) in [5.74, 6) is 0.183. The first-order valence-electron chi connectivity index (χ1n) is 7.95. The van der Waals surface area contributed by atoms with Crippen molar-refractivity contribution in [2.24, 2.45) is 0 Å². The van der Waals surface area contributed by atoms with E-state index < -0.39 is 0 Å². The molecule has 1 N–H and O–H groups in total. The molecule has 0 saturated heterocycles. The molecule has 2 aromatic carbocycles. The molecule has 0 saturated carbocycles. The molecule has 0 unspecified atom stereocenters. The summed E-state index contributed by atoms with van der Waals surface area (Å²) in [5, 5.41) is 4.03. The van der Waals surface area contributed by atoms with Crippen molar-refractivity contribution in [1.29, 1.82) is 0 Å². The van der Waals surface area contributed by atoms with Gasteiger partial charge in [0.25, 0.3) is 5.91 Å². The highest BCUT2D eigenvalue weighted by Gasteiger charge is 2.18. The molecule has 0 aliphatic heterocycles. The van der Waals surface area contributed by atoms with Crippen LogP contribution in [0.15, 0.2) is 52.9 Å². The number of para-hydroxylation sites is 1. The van der Waals surface area contributed by atoms with Gasteiger partial charge < -0.3 is 9.73 Å². The van der Waals surface area contributed by atoms with Crippen LogP contribution in [0.2, 0.25) is 0 Å². The Balaban J connectivity index is 1.84. The largest absolute Gasteiger partial charge is 0.451 e. The fraction of sp³-hybridized carbons (Fsp3) is 0.250. The summed E-state index contributed by atoms with van der Waals surface area (Å²) in [6.07, 6.45) is 0.829. The van der Waals surface area contributed by atoms with E-state index in [1.807, 2.05) is 24.3 Å². The fourth-order valence-corrected chi connectivity index (χ4v) is 2.94. The molecule has 0 aliphatic carbocycles. The fourth-order valence-electron chi connectivity index (χ4n) is 2.94. The third-order valence-corrected chi connectivity index (χ3v) is 4.16. The van der Waals surface area contributed by atoms with Crippen LogP contribution in [0, 0.1) is 13.8 Å². The summed E-state index contributed by atoms with van der Waals surface area (Å²) in [4.78, 5) is 12.5. The van der Waals surface area contributed by atoms with E-state index in [1.54, 1.807) is 6.07 Å². The van der Waals surface area contributed by atoms with Crippen molar-refractivity contribution in [2.45, 2.75) is 33.2 Å². The Morgan fingerprint density at radius 2 is 1.91 bits per heavy atom. The lowest BCUT2D eigenvalue weighted by molar-refractivity contribution is 0.0909. The van der Waals surface area contributed by atoms with Crippen LogP contribution in [0.3, 0.4) is 0 Å². The van der Waals surface area contributed by atoms with Gasteiger partial charge in [0.05, 0.1) is 6.04 Å². The minimum atomic E-state index is -0.173. The van der Waals surface area contributed by atoms with E-state index in [0.717, 1.165) is 23.0 Å². The first kappa shape index (κ1) is 15.3. The van der Waals surface area contributed by atoms with Gasteiger partial charge >= 0.3 is 0 Å². The molecule has 1 atom stereocenters. The number of rotatable bonds is 4. The van der Waals surface area contributed by atoms with Gasteiger partial charge in [-0.3, -0.25) is 4.79 Å². The summed E-state index contributed by atoms with van der Waals surface area (Å²) in [6.45, 7) is 6.23. The van der Waals surface area contributed by atoms with E-state index in [1.165, 1.54) is 11.1 Å². The van der Waals surface area contributed by atoms with Crippen molar-refractivity contribution in [3.8, 4) is 0 Å². The van der Waals surface area contributed by atoms with Gasteiger partial charge in [-0.25, -0.2) is 0 Å². The number of fused-ring (bicyclic) bond motifs is 1. The average Bonchev–Trinajstić information content (AvgIpc) is 2.97. The number of hydrogen-bond acceptors (Lipinski definition) is 2. The van der Waals surface area contributed by atoms with Gasteiger partial charge in [-0.2, -0.15) is 0 Å². The molecule has 0 fully saturated rings. The minimum Gasteiger partial charge on any atom is -0.451 e. The maximum Gasteiger partial charge on any atom is 0.287 e. The normalized spacial score (nSPS) is 12.3. The van der Waals surface area contributed by atoms with Crippen LogP contribution in [-0.4, -0.2) is 5.91 Å². The monoisotopic (exact) mass is 307 g/mol. The number of furan rings is 1. The molecule has 0 radical (unpaired) electrons. The number of benzene rings is 2. The van der Waals surface area contributed by atoms with Crippen molar-refractivity contribution in [3.63, 3.8) is 0 Å². The highest BCUT2D eigenvalue weighted by Crippen LogP contribution is 2.24. The van der Waals surface area contributed by atoms with E-state index in [-0.39, 0.29) is 11.9 Å². The number of carbonyl (C=O) groups excluding carboxylic acids is 1. The molecular formula is C20H21NO2. The number of amides is 1. The number of aryl methyl sites for hydroxylation is 2. The molecule has 1 amide bonds. The first-order valence-corrected chi connectivity index (χ1v) is 7.95. The summed E-state index contributed by atoms with van der Waals surface area (Å²) in [5.41, 5.74) is 4.31. The highest BCUT2D eigenvalue weighted by molar-refractivity contribution is 5.96. The van der Waals surface area contributed by atoms with Gasteiger partial charge in [-0.05, 0) is 43.5 Å². The molecule has 3 nitrogen and oxygen atoms in total. The Hall–Kier alpha value is -2.55. The van der Waals surface area contributed by atoms with E-state index >= 15 is 0 Å². The standard InChI is InChI=1S/C20H21NO2/c1-4-17(16-10-9-13(2)11-14(16)3)21-20(22)19-12-15-7-5-6-8-18(15)23-19/h5-12,17H,4H2,1-3H3,(H,21,22)/t17-/m0/s1. The third kappa shape index (κ3) is 3.14. The van der Waals surface area contributed by atoms with Crippen LogP contribution in [0.25, 0.3) is 11.0 Å². The van der Waals surface area contributed by atoms with Crippen molar-refractivity contribution < 1.29 is 9.21 Å². The maximum absolute atomic E-state index is 12.5. The second kappa shape index (κ2) is 6.29. The van der Waals surface area contributed by atoms with Crippen LogP contribution in [0.5, 0.6) is 0 Å². The molecule has 3 aromatic rings. The molecule has 3 heteroatoms. The summed E-state index contributed by atoms with van der Waals surface area (Å²) in [6, 6.07) is 15.7. The van der Waals surface area contributed by atoms with Crippen LogP contribution in [0.4, 0.5) is 0 Å². The second-order valence-corrected chi connectivity index (χ2v) is 5.94. The van der Waals surface area contributed by atoms with Gasteiger partial charge in [0.1, 0.15) is 5.58 Å². The van der Waals surface area contributed by atoms with Crippen molar-refractivity contribution in [3.05, 3.63) is 71.0 Å². The lowest BCUT2D eigenvalue weighted by Crippen LogP contribution is -2.28. The van der Waals surface area contributed by atoms with E-state index in [4.69, 9.17) is 4.42 Å². The number of nitrogens with one attached hydrogen (secondary N) is 1. The van der Waals surface area contributed by atoms with E-state index in [0.29, 0.717) is 5.76 Å². The topological polar surface area (TPSA) is 42.2 Å². The quantitative estimate of drug-likeness (QED) is 0.742. The van der Waals surface area contributed by atoms with Crippen molar-refractivity contribution in [2.75, 3.05) is 0 Å². The summed E-state index contributed by atoms with van der Waals surface area (Å²) >= 11 is 0. The summed E-state index contributed by atoms with van der Waals surface area (Å²) in [7, 11) is 0. The Kier molecular flexibility index (Phi) is 4.20. The molecular weight excluding hydrogens is 286 g/mol. The predicted octanol–water partition coefficient (Wildman–Crippen LogP) is 4.93. The number of hydrogen-bond donors (Lipinski definition) is 1. The molecule has 0 bridgehead atoms. The van der Waals surface area contributed by atoms with Gasteiger partial charge in [-0.15, -0.1) is 0 Å². The lowest BCUT2D eigenvalue weighted by atomic mass is 9.97. The molecule has 1 aromatic heterocycles. The van der Waals surface area contributed by atoms with Gasteiger partial charge in [-0.1, -0.05) is 48.9 Å². The van der Waals surface area contributed by atoms with Gasteiger partial charge in [0.15, 0.2) is 5.76 Å². The lowest BCUT2D eigenvalue weighted by Gasteiger charge is -2.19. The molecule has 118 valence electrons. The maximum atomic E-state index is 12.5. The Bertz CT molecular complexity index is 815. The third-order valence-electron chi connectivity index (χ3n) is 4.16. The molecule has 0 spiro atoms. The SMILES string of the molecule is CC[C@H](NC(=O)c1cc2ccccc2o1)c1ccc(C)cc1C. The average molecular weight is 307 g/mol. The zero-order valence-corrected chi connectivity index (χ0v) is 13.7. The molecule has 23 heavy (non-hydrogen) atoms. The predicted molar refractivity (Wildman–Crippen MR) is 92.6 cm³/mol. The van der Waals surface area contributed by atoms with Crippen LogP contribution in [0.1, 0.15) is 46.6 Å². The van der Waals surface area contributed by atoms with E-state index in [2.05, 4.69) is 44.3 Å². The molecule has 3 rings (SSSR count). The first-order chi connectivity index (χ1) is 11.1. The number of carbonyl (C=O) groups is 1. The molecule has 0 aliphatic rings. The van der Waals surface area contributed by atoms with Crippen LogP contribution >= 0.6 is 0 Å². The highest BCUT2D eigenvalue weighted by atomic mass is 16.3. The Morgan fingerprint density at radius 3 is 2.61 bits per heavy atom. The smallest absolute Gasteiger partial charge is 0.287 e. The van der Waals surface area contributed by atoms with E-state index in [9.17, 15) is 4.79 Å². The Labute approximate surface area is 136 Å². The minimum absolute atomic E-state index is 0.0173. The Morgan fingerprint density at radius 1 is 1.13 bits per heavy atom. The zero-order valence-electron chi connectivity index (χ0n) is 13.7. The second-order valence-electron chi connectivity index (χ2n) is 5.94. The van der Waals surface area contributed by atoms with Crippen LogP contribution < -0.4 is 5.32 Å². The van der Waals surface area contributed by atoms with Crippen LogP contribution in [-0.2, 0) is 0 Å². The zero-order chi connectivity index (χ0) is 16.4. The van der Waals surface area contributed by atoms with Crippen molar-refractivity contribution in [1.82, 2.24) is 5.32 Å².